The van der Waals surface area contributed by atoms with E-state index in [4.69, 9.17) is 0 Å². The first-order valence-electron chi connectivity index (χ1n) is 23.7. The zero-order valence-corrected chi connectivity index (χ0v) is 40.7. The molecule has 5 heteroatoms. The molecule has 65 heavy (non-hydrogen) atoms. The Morgan fingerprint density at radius 3 is 1.89 bits per heavy atom. The Balaban J connectivity index is 1.23. The van der Waals surface area contributed by atoms with E-state index in [0.717, 1.165) is 5.69 Å². The molecular weight excluding hydrogens is 806 g/mol. The van der Waals surface area contributed by atoms with Crippen LogP contribution in [0.4, 0.5) is 34.1 Å². The number of fused-ring (bicyclic) bond motifs is 10. The first-order chi connectivity index (χ1) is 31.0. The van der Waals surface area contributed by atoms with Gasteiger partial charge >= 0.3 is 0 Å². The lowest BCUT2D eigenvalue weighted by molar-refractivity contribution is 0.332. The van der Waals surface area contributed by atoms with Gasteiger partial charge in [-0.25, -0.2) is 0 Å². The fourth-order valence-corrected chi connectivity index (χ4v) is 13.2. The summed E-state index contributed by atoms with van der Waals surface area (Å²) in [6.07, 6.45) is 2.36. The second-order valence-electron chi connectivity index (χ2n) is 21.9. The topological polar surface area (TPSA) is 11.4 Å². The smallest absolute Gasteiger partial charge is 0.252 e. The Hall–Kier alpha value is -6.04. The summed E-state index contributed by atoms with van der Waals surface area (Å²) in [6.45, 7) is 26.1. The molecule has 0 spiro atoms. The van der Waals surface area contributed by atoms with E-state index >= 15 is 0 Å². The van der Waals surface area contributed by atoms with Crippen molar-refractivity contribution in [3.63, 3.8) is 0 Å². The maximum atomic E-state index is 2.68. The second kappa shape index (κ2) is 13.7. The number of thiophene rings is 1. The number of para-hydroxylation sites is 2. The van der Waals surface area contributed by atoms with Crippen molar-refractivity contribution < 1.29 is 0 Å². The van der Waals surface area contributed by atoms with E-state index in [1.807, 2.05) is 11.3 Å². The molecule has 1 aliphatic carbocycles. The van der Waals surface area contributed by atoms with Crippen LogP contribution in [0.2, 0.25) is 0 Å². The number of hydrogen-bond donors (Lipinski definition) is 0. The SMILES string of the molecule is Cc1cc2c3c(c1)-n1c4sc5ccccc5c4c4cc(C(C)(C)C)cc(c41)B3c1ccc(N(c3ccccc3C)c3ccccc3C)cc1N2c1cc2c(cc1C)C(C)(C)CCC2(C)C. The Morgan fingerprint density at radius 1 is 0.585 bits per heavy atom. The Bertz CT molecular complexity index is 3450. The average molecular weight is 864 g/mol. The molecule has 0 unspecified atom stereocenters. The second-order valence-corrected chi connectivity index (χ2v) is 22.9. The lowest BCUT2D eigenvalue weighted by Crippen LogP contribution is -2.60. The molecule has 3 aliphatic rings. The van der Waals surface area contributed by atoms with E-state index in [1.54, 1.807) is 0 Å². The van der Waals surface area contributed by atoms with Crippen molar-refractivity contribution in [1.82, 2.24) is 4.57 Å². The van der Waals surface area contributed by atoms with Gasteiger partial charge in [0.25, 0.3) is 6.71 Å². The molecule has 2 aromatic heterocycles. The fraction of sp³-hybridized carbons (Fsp3) is 0.267. The number of hydrogen-bond acceptors (Lipinski definition) is 3. The summed E-state index contributed by atoms with van der Waals surface area (Å²) in [5.41, 5.74) is 23.7. The van der Waals surface area contributed by atoms with E-state index in [1.165, 1.54) is 134 Å². The number of benzene rings is 7. The maximum absolute atomic E-state index is 2.68. The van der Waals surface area contributed by atoms with E-state index in [0.29, 0.717) is 0 Å². The van der Waals surface area contributed by atoms with E-state index in [9.17, 15) is 0 Å². The van der Waals surface area contributed by atoms with Gasteiger partial charge in [0, 0.05) is 60.7 Å². The van der Waals surface area contributed by atoms with Crippen LogP contribution in [0.5, 0.6) is 0 Å². The van der Waals surface area contributed by atoms with Gasteiger partial charge in [0.15, 0.2) is 0 Å². The molecule has 0 saturated carbocycles. The summed E-state index contributed by atoms with van der Waals surface area (Å²) in [5.74, 6) is 0. The molecule has 2 aliphatic heterocycles. The highest BCUT2D eigenvalue weighted by molar-refractivity contribution is 7.26. The number of nitrogens with zero attached hydrogens (tertiary/aromatic N) is 3. The van der Waals surface area contributed by atoms with E-state index in [-0.39, 0.29) is 23.0 Å². The first-order valence-corrected chi connectivity index (χ1v) is 24.5. The fourth-order valence-electron chi connectivity index (χ4n) is 11.9. The van der Waals surface area contributed by atoms with Gasteiger partial charge in [0.05, 0.1) is 5.52 Å². The molecule has 12 rings (SSSR count). The molecule has 0 saturated heterocycles. The Kier molecular flexibility index (Phi) is 8.56. The highest BCUT2D eigenvalue weighted by atomic mass is 32.1. The molecule has 0 bridgehead atoms. The average Bonchev–Trinajstić information content (AvgIpc) is 3.80. The van der Waals surface area contributed by atoms with Gasteiger partial charge in [0.1, 0.15) is 4.83 Å². The van der Waals surface area contributed by atoms with Crippen molar-refractivity contribution in [2.45, 2.75) is 105 Å². The zero-order chi connectivity index (χ0) is 45.1. The molecule has 9 aromatic rings. The van der Waals surface area contributed by atoms with Gasteiger partial charge in [-0.2, -0.15) is 0 Å². The van der Waals surface area contributed by atoms with Crippen molar-refractivity contribution in [1.29, 1.82) is 0 Å². The van der Waals surface area contributed by atoms with Crippen molar-refractivity contribution in [3.8, 4) is 5.69 Å². The van der Waals surface area contributed by atoms with Crippen molar-refractivity contribution in [3.05, 3.63) is 166 Å². The van der Waals surface area contributed by atoms with Crippen molar-refractivity contribution in [2.75, 3.05) is 9.80 Å². The summed E-state index contributed by atoms with van der Waals surface area (Å²) in [4.78, 5) is 6.52. The quantitative estimate of drug-likeness (QED) is 0.163. The van der Waals surface area contributed by atoms with Gasteiger partial charge in [-0.15, -0.1) is 11.3 Å². The summed E-state index contributed by atoms with van der Waals surface area (Å²) >= 11 is 1.94. The normalized spacial score (nSPS) is 15.7. The number of rotatable bonds is 4. The van der Waals surface area contributed by atoms with Gasteiger partial charge < -0.3 is 14.4 Å². The number of anilines is 6. The van der Waals surface area contributed by atoms with Crippen molar-refractivity contribution in [2.24, 2.45) is 0 Å². The monoisotopic (exact) mass is 863 g/mol. The van der Waals surface area contributed by atoms with Crippen LogP contribution in [0, 0.1) is 27.7 Å². The van der Waals surface area contributed by atoms with Crippen LogP contribution >= 0.6 is 11.3 Å². The minimum atomic E-state index is -0.0445. The zero-order valence-electron chi connectivity index (χ0n) is 39.9. The molecule has 4 heterocycles. The van der Waals surface area contributed by atoms with Crippen LogP contribution in [0.15, 0.2) is 127 Å². The standard InChI is InChI=1S/C60H58BN3S/c1-35-28-51-55-52(29-35)64-56-42(54-41-20-14-17-23-53(41)65-57(54)64)31-39(58(5,6)7)32-46(56)61(55)45-25-24-40(62(47-21-15-12-18-36(47)2)48-22-16-13-19-37(48)3)33-50(45)63(51)49-34-44-43(30-38(49)4)59(8,9)26-27-60(44,10)11/h12-25,28-34H,26-27H2,1-11H3. The maximum Gasteiger partial charge on any atom is 0.252 e. The summed E-state index contributed by atoms with van der Waals surface area (Å²) < 4.78 is 4.01. The molecule has 0 atom stereocenters. The highest BCUT2D eigenvalue weighted by Crippen LogP contribution is 2.52. The van der Waals surface area contributed by atoms with Crippen LogP contribution in [0.3, 0.4) is 0 Å². The summed E-state index contributed by atoms with van der Waals surface area (Å²) in [6, 6.07) is 49.4. The minimum absolute atomic E-state index is 0.0344. The van der Waals surface area contributed by atoms with Crippen molar-refractivity contribution >= 4 is 99.8 Å². The van der Waals surface area contributed by atoms with E-state index < -0.39 is 0 Å². The molecular formula is C60H58BN3S. The van der Waals surface area contributed by atoms with Crippen LogP contribution in [-0.2, 0) is 16.2 Å². The molecule has 7 aromatic carbocycles. The van der Waals surface area contributed by atoms with Crippen LogP contribution in [-0.4, -0.2) is 11.3 Å². The third-order valence-electron chi connectivity index (χ3n) is 15.6. The van der Waals surface area contributed by atoms with Crippen LogP contribution < -0.4 is 26.2 Å². The van der Waals surface area contributed by atoms with Gasteiger partial charge in [-0.3, -0.25) is 0 Å². The van der Waals surface area contributed by atoms with Gasteiger partial charge in [-0.1, -0.05) is 121 Å². The Labute approximate surface area is 389 Å². The number of aryl methyl sites for hydroxylation is 4. The molecule has 0 radical (unpaired) electrons. The summed E-state index contributed by atoms with van der Waals surface area (Å²) in [5, 5.41) is 4.11. The summed E-state index contributed by atoms with van der Waals surface area (Å²) in [7, 11) is 0. The molecule has 322 valence electrons. The van der Waals surface area contributed by atoms with Crippen LogP contribution in [0.1, 0.15) is 100 Å². The Morgan fingerprint density at radius 2 is 1.22 bits per heavy atom. The van der Waals surface area contributed by atoms with Gasteiger partial charge in [0.2, 0.25) is 0 Å². The highest BCUT2D eigenvalue weighted by Gasteiger charge is 2.45. The minimum Gasteiger partial charge on any atom is -0.311 e. The number of aromatic nitrogens is 1. The molecule has 0 amide bonds. The lowest BCUT2D eigenvalue weighted by Gasteiger charge is -2.45. The first kappa shape index (κ1) is 40.5. The van der Waals surface area contributed by atoms with Crippen LogP contribution in [0.25, 0.3) is 36.9 Å². The van der Waals surface area contributed by atoms with Gasteiger partial charge in [-0.05, 0) is 167 Å². The lowest BCUT2D eigenvalue weighted by atomic mass is 9.33. The third-order valence-corrected chi connectivity index (χ3v) is 16.7. The van der Waals surface area contributed by atoms with E-state index in [2.05, 4.69) is 218 Å². The predicted octanol–water partition coefficient (Wildman–Crippen LogP) is 15.0. The predicted molar refractivity (Wildman–Crippen MR) is 283 cm³/mol. The third kappa shape index (κ3) is 5.80. The molecule has 3 nitrogen and oxygen atoms in total. The molecule has 0 N–H and O–H groups in total. The molecule has 0 fully saturated rings. The largest absolute Gasteiger partial charge is 0.311 e.